The van der Waals surface area contributed by atoms with E-state index in [9.17, 15) is 13.2 Å². The van der Waals surface area contributed by atoms with Crippen LogP contribution in [0.4, 0.5) is 13.2 Å². The molecule has 1 atom stereocenters. The summed E-state index contributed by atoms with van der Waals surface area (Å²) in [7, 11) is 0. The Bertz CT molecular complexity index is 454. The molecular weight excluding hydrogens is 269 g/mol. The number of halogens is 3. The first-order valence-electron chi connectivity index (χ1n) is 7.07. The number of aryl methyl sites for hydroxylation is 1. The molecule has 2 heterocycles. The molecule has 1 aliphatic heterocycles. The zero-order chi connectivity index (χ0) is 15.0. The van der Waals surface area contributed by atoms with Gasteiger partial charge in [-0.25, -0.2) is 0 Å². The Morgan fingerprint density at radius 3 is 2.40 bits per heavy atom. The van der Waals surface area contributed by atoms with Crippen LogP contribution in [0, 0.1) is 5.92 Å². The number of fused-ring (bicyclic) bond motifs is 1. The first-order valence-corrected chi connectivity index (χ1v) is 7.07. The summed E-state index contributed by atoms with van der Waals surface area (Å²) in [5, 5.41) is 8.24. The average Bonchev–Trinajstić information content (AvgIpc) is 2.84. The van der Waals surface area contributed by atoms with E-state index in [4.69, 9.17) is 5.73 Å². The van der Waals surface area contributed by atoms with E-state index < -0.39 is 12.1 Å². The van der Waals surface area contributed by atoms with Crippen molar-refractivity contribution in [3.63, 3.8) is 0 Å². The van der Waals surface area contributed by atoms with Gasteiger partial charge < -0.3 is 10.3 Å². The molecule has 7 heteroatoms. The van der Waals surface area contributed by atoms with Gasteiger partial charge in [-0.1, -0.05) is 13.8 Å². The highest BCUT2D eigenvalue weighted by Crippen LogP contribution is 2.37. The lowest BCUT2D eigenvalue weighted by molar-refractivity contribution is -0.182. The van der Waals surface area contributed by atoms with E-state index in [1.807, 2.05) is 13.8 Å². The van der Waals surface area contributed by atoms with Crippen LogP contribution in [0.5, 0.6) is 0 Å². The molecule has 0 amide bonds. The van der Waals surface area contributed by atoms with Crippen LogP contribution in [-0.2, 0) is 18.4 Å². The topological polar surface area (TPSA) is 56.7 Å². The third kappa shape index (κ3) is 2.43. The predicted molar refractivity (Wildman–Crippen MR) is 69.2 cm³/mol. The number of alkyl halides is 3. The van der Waals surface area contributed by atoms with Crippen molar-refractivity contribution in [1.82, 2.24) is 14.8 Å². The second-order valence-electron chi connectivity index (χ2n) is 5.52. The highest BCUT2D eigenvalue weighted by Gasteiger charge is 2.44. The van der Waals surface area contributed by atoms with Crippen molar-refractivity contribution in [2.45, 2.75) is 57.7 Å². The monoisotopic (exact) mass is 290 g/mol. The van der Waals surface area contributed by atoms with Gasteiger partial charge in [-0.15, -0.1) is 10.2 Å². The standard InChI is InChI=1S/C13H21F3N4/c1-3-12(4-2,8-17)11-19-18-10-6-5-9(7-20(10)11)13(14,15)16/h9H,3-8,17H2,1-2H3. The fourth-order valence-electron chi connectivity index (χ4n) is 2.93. The number of nitrogens with two attached hydrogens (primary N) is 1. The molecule has 4 nitrogen and oxygen atoms in total. The lowest BCUT2D eigenvalue weighted by Crippen LogP contribution is -2.40. The molecule has 1 aromatic rings. The smallest absolute Gasteiger partial charge is 0.329 e. The molecule has 0 saturated heterocycles. The quantitative estimate of drug-likeness (QED) is 0.926. The molecule has 1 aliphatic rings. The van der Waals surface area contributed by atoms with Crippen molar-refractivity contribution >= 4 is 0 Å². The maximum atomic E-state index is 12.9. The normalized spacial score (nSPS) is 20.0. The number of aromatic nitrogens is 3. The second-order valence-corrected chi connectivity index (χ2v) is 5.52. The average molecular weight is 290 g/mol. The molecule has 1 unspecified atom stereocenters. The summed E-state index contributed by atoms with van der Waals surface area (Å²) in [4.78, 5) is 0. The third-order valence-electron chi connectivity index (χ3n) is 4.63. The van der Waals surface area contributed by atoms with Gasteiger partial charge in [0, 0.05) is 24.9 Å². The molecular formula is C13H21F3N4. The van der Waals surface area contributed by atoms with Crippen LogP contribution in [0.1, 0.15) is 44.8 Å². The fourth-order valence-corrected chi connectivity index (χ4v) is 2.93. The Morgan fingerprint density at radius 2 is 1.90 bits per heavy atom. The number of hydrogen-bond donors (Lipinski definition) is 1. The van der Waals surface area contributed by atoms with Gasteiger partial charge in [0.15, 0.2) is 0 Å². The Labute approximate surface area is 116 Å². The number of nitrogens with zero attached hydrogens (tertiary/aromatic N) is 3. The first-order chi connectivity index (χ1) is 9.38. The molecule has 0 radical (unpaired) electrons. The molecule has 0 spiro atoms. The van der Waals surface area contributed by atoms with E-state index >= 15 is 0 Å². The van der Waals surface area contributed by atoms with Crippen LogP contribution in [-0.4, -0.2) is 27.5 Å². The van der Waals surface area contributed by atoms with Gasteiger partial charge in [-0.2, -0.15) is 13.2 Å². The molecule has 0 fully saturated rings. The van der Waals surface area contributed by atoms with Crippen LogP contribution < -0.4 is 5.73 Å². The summed E-state index contributed by atoms with van der Waals surface area (Å²) in [5.74, 6) is -0.0388. The van der Waals surface area contributed by atoms with Crippen LogP contribution in [0.25, 0.3) is 0 Å². The second kappa shape index (κ2) is 5.35. The van der Waals surface area contributed by atoms with Gasteiger partial charge in [0.25, 0.3) is 0 Å². The Morgan fingerprint density at radius 1 is 1.25 bits per heavy atom. The molecule has 0 aliphatic carbocycles. The first kappa shape index (κ1) is 15.3. The molecule has 2 N–H and O–H groups in total. The van der Waals surface area contributed by atoms with E-state index in [0.717, 1.165) is 12.8 Å². The lowest BCUT2D eigenvalue weighted by atomic mass is 9.81. The fraction of sp³-hybridized carbons (Fsp3) is 0.846. The largest absolute Gasteiger partial charge is 0.393 e. The minimum Gasteiger partial charge on any atom is -0.329 e. The molecule has 2 rings (SSSR count). The molecule has 114 valence electrons. The van der Waals surface area contributed by atoms with Crippen molar-refractivity contribution in [3.05, 3.63) is 11.6 Å². The maximum Gasteiger partial charge on any atom is 0.393 e. The molecule has 0 saturated carbocycles. The highest BCUT2D eigenvalue weighted by molar-refractivity contribution is 5.13. The van der Waals surface area contributed by atoms with Crippen molar-refractivity contribution in [2.75, 3.05) is 6.54 Å². The Balaban J connectivity index is 2.39. The molecule has 0 aromatic carbocycles. The summed E-state index contributed by atoms with van der Waals surface area (Å²) < 4.78 is 40.5. The summed E-state index contributed by atoms with van der Waals surface area (Å²) in [6.45, 7) is 4.27. The Hall–Kier alpha value is -1.11. The van der Waals surface area contributed by atoms with Crippen LogP contribution in [0.2, 0.25) is 0 Å². The third-order valence-corrected chi connectivity index (χ3v) is 4.63. The van der Waals surface area contributed by atoms with E-state index in [2.05, 4.69) is 10.2 Å². The Kier molecular flexibility index (Phi) is 4.09. The van der Waals surface area contributed by atoms with Gasteiger partial charge in [0.05, 0.1) is 5.92 Å². The molecule has 1 aromatic heterocycles. The minimum atomic E-state index is -4.16. The summed E-state index contributed by atoms with van der Waals surface area (Å²) >= 11 is 0. The summed E-state index contributed by atoms with van der Waals surface area (Å²) in [6, 6.07) is 0. The SMILES string of the molecule is CCC(CC)(CN)c1nnc2n1CC(C(F)(F)F)CC2. The zero-order valence-corrected chi connectivity index (χ0v) is 11.9. The maximum absolute atomic E-state index is 12.9. The minimum absolute atomic E-state index is 0.0804. The van der Waals surface area contributed by atoms with Crippen molar-refractivity contribution in [3.8, 4) is 0 Å². The van der Waals surface area contributed by atoms with E-state index in [-0.39, 0.29) is 18.4 Å². The lowest BCUT2D eigenvalue weighted by Gasteiger charge is -2.33. The van der Waals surface area contributed by atoms with E-state index in [1.54, 1.807) is 4.57 Å². The van der Waals surface area contributed by atoms with Crippen molar-refractivity contribution < 1.29 is 13.2 Å². The predicted octanol–water partition coefficient (Wildman–Crippen LogP) is 2.42. The van der Waals surface area contributed by atoms with Crippen molar-refractivity contribution in [2.24, 2.45) is 11.7 Å². The van der Waals surface area contributed by atoms with Crippen molar-refractivity contribution in [1.29, 1.82) is 0 Å². The number of hydrogen-bond acceptors (Lipinski definition) is 3. The van der Waals surface area contributed by atoms with Gasteiger partial charge in [0.1, 0.15) is 11.6 Å². The zero-order valence-electron chi connectivity index (χ0n) is 11.9. The van der Waals surface area contributed by atoms with Gasteiger partial charge >= 0.3 is 6.18 Å². The summed E-state index contributed by atoms with van der Waals surface area (Å²) in [5.41, 5.74) is 5.49. The molecule has 20 heavy (non-hydrogen) atoms. The van der Waals surface area contributed by atoms with E-state index in [1.165, 1.54) is 0 Å². The van der Waals surface area contributed by atoms with Crippen LogP contribution in [0.15, 0.2) is 0 Å². The summed E-state index contributed by atoms with van der Waals surface area (Å²) in [6.07, 6.45) is -2.26. The van der Waals surface area contributed by atoms with Crippen LogP contribution >= 0.6 is 0 Å². The van der Waals surface area contributed by atoms with Gasteiger partial charge in [-0.3, -0.25) is 0 Å². The van der Waals surface area contributed by atoms with E-state index in [0.29, 0.717) is 24.6 Å². The highest BCUT2D eigenvalue weighted by atomic mass is 19.4. The van der Waals surface area contributed by atoms with Crippen LogP contribution in [0.3, 0.4) is 0 Å². The molecule has 0 bridgehead atoms. The van der Waals surface area contributed by atoms with Gasteiger partial charge in [0.2, 0.25) is 0 Å². The van der Waals surface area contributed by atoms with Gasteiger partial charge in [-0.05, 0) is 19.3 Å². The number of rotatable bonds is 4.